The molecule has 21 heteroatoms. The fourth-order valence-electron chi connectivity index (χ4n) is 13.0. The smallest absolute Gasteiger partial charge is 0.186 e. The van der Waals surface area contributed by atoms with E-state index in [1.165, 1.54) is 88.3 Å². The van der Waals surface area contributed by atoms with E-state index in [9.17, 15) is 0 Å². The van der Waals surface area contributed by atoms with Crippen LogP contribution in [-0.4, -0.2) is 60.8 Å². The SMILES string of the molecule is C.CC(C)(C)c1ccc(-c2cc(CC(Br)Br)cc(Cn3ccnc3)c2)cc1.CC(C)(C)c1ccc(-c2cc(CCC(=N)N)cc(-c3cscn3)c2)cc1.CC(C)(C)c1ccc(-c2cccc(Cn3cncn3)c2)cc1.NC(N)=NCc1cccc(-c2ccc(-c3cncs3)cc2)c1.NC(N)=NCc1cccc(-c2ccc(-c3cscn3)cc2)c1. The van der Waals surface area contributed by atoms with Crippen molar-refractivity contribution in [3.8, 4) is 88.6 Å². The van der Waals surface area contributed by atoms with Crippen LogP contribution in [0, 0.1) is 5.41 Å². The third-order valence-electron chi connectivity index (χ3n) is 19.4. The first-order valence-corrected chi connectivity index (χ1v) is 43.4. The zero-order valence-electron chi connectivity index (χ0n) is 68.2. The van der Waals surface area contributed by atoms with Crippen molar-refractivity contribution in [2.75, 3.05) is 0 Å². The summed E-state index contributed by atoms with van der Waals surface area (Å²) in [5.74, 6) is 0.442. The van der Waals surface area contributed by atoms with E-state index >= 15 is 0 Å². The molecule has 119 heavy (non-hydrogen) atoms. The van der Waals surface area contributed by atoms with E-state index in [-0.39, 0.29) is 45.2 Å². The Hall–Kier alpha value is -11.6. The van der Waals surface area contributed by atoms with Gasteiger partial charge in [-0.2, -0.15) is 5.10 Å². The second kappa shape index (κ2) is 42.7. The maximum atomic E-state index is 7.50. The van der Waals surface area contributed by atoms with Crippen molar-refractivity contribution in [1.82, 2.24) is 39.3 Å². The number of rotatable bonds is 21. The van der Waals surface area contributed by atoms with Crippen molar-refractivity contribution in [3.05, 3.63) is 345 Å². The number of benzene rings is 10. The molecule has 0 amide bonds. The van der Waals surface area contributed by atoms with Gasteiger partial charge in [0, 0.05) is 53.4 Å². The molecule has 0 radical (unpaired) electrons. The Morgan fingerprint density at radius 3 is 1.29 bits per heavy atom. The van der Waals surface area contributed by atoms with Crippen molar-refractivity contribution < 1.29 is 0 Å². The molecular weight excluding hydrogens is 1660 g/mol. The van der Waals surface area contributed by atoms with Crippen molar-refractivity contribution in [1.29, 1.82) is 5.41 Å². The maximum Gasteiger partial charge on any atom is 0.186 e. The molecule has 15 aromatic rings. The Morgan fingerprint density at radius 2 is 0.857 bits per heavy atom. The molecular formula is C98H106Br2N16S3. The zero-order chi connectivity index (χ0) is 83.8. The number of amidine groups is 1. The van der Waals surface area contributed by atoms with Crippen molar-refractivity contribution >= 4 is 83.6 Å². The number of aryl methyl sites for hydroxylation is 1. The predicted molar refractivity (Wildman–Crippen MR) is 511 cm³/mol. The summed E-state index contributed by atoms with van der Waals surface area (Å²) in [6.45, 7) is 22.7. The molecule has 11 N–H and O–H groups in total. The molecule has 16 nitrogen and oxygen atoms in total. The molecule has 0 saturated carbocycles. The molecule has 5 aromatic heterocycles. The first kappa shape index (κ1) is 89.7. The summed E-state index contributed by atoms with van der Waals surface area (Å²) in [5, 5.41) is 15.8. The summed E-state index contributed by atoms with van der Waals surface area (Å²) in [5.41, 5.74) is 61.7. The number of aliphatic imine (C=N–C) groups is 2. The summed E-state index contributed by atoms with van der Waals surface area (Å²) < 4.78 is 4.21. The highest BCUT2D eigenvalue weighted by atomic mass is 79.9. The largest absolute Gasteiger partial charge is 0.388 e. The van der Waals surface area contributed by atoms with E-state index in [2.05, 4.69) is 350 Å². The van der Waals surface area contributed by atoms with Crippen LogP contribution in [-0.2, 0) is 55.3 Å². The van der Waals surface area contributed by atoms with Gasteiger partial charge < -0.3 is 33.2 Å². The summed E-state index contributed by atoms with van der Waals surface area (Å²) in [4.78, 5) is 30.3. The Kier molecular flexibility index (Phi) is 32.2. The number of nitrogens with two attached hydrogens (primary N) is 5. The van der Waals surface area contributed by atoms with Crippen LogP contribution in [0.15, 0.2) is 305 Å². The van der Waals surface area contributed by atoms with Crippen LogP contribution in [0.3, 0.4) is 0 Å². The van der Waals surface area contributed by atoms with Crippen molar-refractivity contribution in [2.45, 2.75) is 135 Å². The van der Waals surface area contributed by atoms with Gasteiger partial charge in [-0.3, -0.25) is 10.4 Å². The van der Waals surface area contributed by atoms with Gasteiger partial charge in [-0.25, -0.2) is 34.6 Å². The van der Waals surface area contributed by atoms with Crippen molar-refractivity contribution in [3.63, 3.8) is 0 Å². The summed E-state index contributed by atoms with van der Waals surface area (Å²) in [7, 11) is 0. The molecule has 610 valence electrons. The number of hydrogen-bond acceptors (Lipinski definition) is 12. The molecule has 10 aromatic carbocycles. The quantitative estimate of drug-likeness (QED) is 0.0224. The van der Waals surface area contributed by atoms with Gasteiger partial charge in [0.2, 0.25) is 0 Å². The lowest BCUT2D eigenvalue weighted by Crippen LogP contribution is -2.22. The molecule has 0 aliphatic carbocycles. The molecule has 0 aliphatic rings. The Balaban J connectivity index is 0.000000156. The lowest BCUT2D eigenvalue weighted by Gasteiger charge is -2.19. The minimum atomic E-state index is 0. The van der Waals surface area contributed by atoms with Gasteiger partial charge in [0.05, 0.1) is 68.3 Å². The fraction of sp³-hybridized carbons (Fsp3) is 0.214. The monoisotopic (exact) mass is 1760 g/mol. The molecule has 0 bridgehead atoms. The third kappa shape index (κ3) is 27.8. The molecule has 0 fully saturated rings. The van der Waals surface area contributed by atoms with E-state index in [1.807, 2.05) is 75.8 Å². The Labute approximate surface area is 730 Å². The van der Waals surface area contributed by atoms with Gasteiger partial charge >= 0.3 is 0 Å². The van der Waals surface area contributed by atoms with Crippen LogP contribution in [0.4, 0.5) is 0 Å². The third-order valence-corrected chi connectivity index (χ3v) is 22.0. The summed E-state index contributed by atoms with van der Waals surface area (Å²) in [6.07, 6.45) is 13.1. The maximum absolute atomic E-state index is 7.50. The van der Waals surface area contributed by atoms with E-state index in [0.717, 1.165) is 76.3 Å². The average molecular weight is 1760 g/mol. The molecule has 0 aliphatic heterocycles. The first-order valence-electron chi connectivity index (χ1n) is 38.8. The zero-order valence-corrected chi connectivity index (χ0v) is 73.8. The number of thiazole rings is 3. The highest BCUT2D eigenvalue weighted by Crippen LogP contribution is 2.35. The van der Waals surface area contributed by atoms with Crippen LogP contribution in [0.5, 0.6) is 0 Å². The molecule has 0 atom stereocenters. The summed E-state index contributed by atoms with van der Waals surface area (Å²) in [6, 6.07) is 81.9. The van der Waals surface area contributed by atoms with E-state index in [1.54, 1.807) is 46.7 Å². The van der Waals surface area contributed by atoms with Gasteiger partial charge in [0.1, 0.15) is 12.7 Å². The van der Waals surface area contributed by atoms with Gasteiger partial charge in [0.25, 0.3) is 0 Å². The predicted octanol–water partition coefficient (Wildman–Crippen LogP) is 23.6. The van der Waals surface area contributed by atoms with Gasteiger partial charge in [0.15, 0.2) is 11.9 Å². The van der Waals surface area contributed by atoms with Crippen molar-refractivity contribution in [2.24, 2.45) is 38.7 Å². The first-order chi connectivity index (χ1) is 56.6. The highest BCUT2D eigenvalue weighted by molar-refractivity contribution is 9.24. The van der Waals surface area contributed by atoms with Gasteiger partial charge in [-0.15, -0.1) is 34.0 Å². The fourth-order valence-corrected chi connectivity index (χ4v) is 15.5. The highest BCUT2D eigenvalue weighted by Gasteiger charge is 2.18. The minimum absolute atomic E-state index is 0. The molecule has 0 unspecified atom stereocenters. The number of imidazole rings is 1. The molecule has 0 spiro atoms. The molecule has 15 rings (SSSR count). The summed E-state index contributed by atoms with van der Waals surface area (Å²) >= 11 is 12.1. The Morgan fingerprint density at radius 1 is 0.429 bits per heavy atom. The van der Waals surface area contributed by atoms with Crippen LogP contribution < -0.4 is 28.7 Å². The number of nitrogens with one attached hydrogen (secondary N) is 1. The number of halogens is 2. The lowest BCUT2D eigenvalue weighted by atomic mass is 9.86. The Bertz CT molecular complexity index is 5530. The van der Waals surface area contributed by atoms with Crippen LogP contribution in [0.25, 0.3) is 88.6 Å². The number of nitrogens with zero attached hydrogens (tertiary/aromatic N) is 10. The standard InChI is InChI=1S/C22H24Br2N2.C22H25N3S.C19H21N3.2C17H16N4S.CH4/c1-22(2,3)20-6-4-18(5-7-20)19-11-16(13-21(23)24)10-17(12-19)14-26-9-8-25-15-26;1-22(2,3)19-7-5-16(6-8-19)17-10-15(4-9-21(23)24)11-18(12-17)20-13-26-14-25-20;1-19(2,3)18-9-7-16(8-10-18)17-6-4-5-15(11-17)12-22-14-20-13-21-22;18-17(19)21-9-12-2-1-3-15(8-12)13-4-6-14(7-5-13)16-10-20-11-22-16;18-17(19)20-9-12-2-1-3-15(8-12)13-4-6-14(7-5-13)16-10-22-11-21-16;/h4-12,15,21H,13-14H2,1-3H3;5-8,10-14H,4,9H2,1-3H3,(H3,23,24);4-11,13-14H,12H2,1-3H3;1-8,10-11H,9H2,(H4,18,19,21);1-8,10-11H,9H2,(H4,18,19,20);1H4. The van der Waals surface area contributed by atoms with Crippen LogP contribution in [0.1, 0.15) is 126 Å². The number of guanidine groups is 2. The molecule has 5 heterocycles. The van der Waals surface area contributed by atoms with Crippen LogP contribution >= 0.6 is 65.9 Å². The topological polar surface area (TPSA) is 266 Å². The number of aromatic nitrogens is 8. The van der Waals surface area contributed by atoms with E-state index in [4.69, 9.17) is 34.1 Å². The van der Waals surface area contributed by atoms with Gasteiger partial charge in [-0.05, 0) is 177 Å². The number of alkyl halides is 2. The second-order valence-electron chi connectivity index (χ2n) is 31.7. The number of hydrogen-bond donors (Lipinski definition) is 6. The average Bonchev–Trinajstić information content (AvgIpc) is 1.48. The second-order valence-corrected chi connectivity index (χ2v) is 37.5. The van der Waals surface area contributed by atoms with Gasteiger partial charge in [-0.1, -0.05) is 296 Å². The van der Waals surface area contributed by atoms with E-state index < -0.39 is 0 Å². The lowest BCUT2D eigenvalue weighted by molar-refractivity contribution is 0.590. The normalized spacial score (nSPS) is 11.1. The molecule has 0 saturated heterocycles. The minimum Gasteiger partial charge on any atom is -0.388 e. The van der Waals surface area contributed by atoms with Crippen LogP contribution in [0.2, 0.25) is 0 Å². The van der Waals surface area contributed by atoms with E-state index in [0.29, 0.717) is 19.5 Å².